The van der Waals surface area contributed by atoms with E-state index in [9.17, 15) is 9.59 Å². The van der Waals surface area contributed by atoms with E-state index in [1.54, 1.807) is 16.0 Å². The summed E-state index contributed by atoms with van der Waals surface area (Å²) < 4.78 is 0. The molecule has 0 saturated heterocycles. The lowest BCUT2D eigenvalue weighted by Gasteiger charge is -2.33. The molecule has 0 spiro atoms. The quantitative estimate of drug-likeness (QED) is 0.798. The Morgan fingerprint density at radius 2 is 1.68 bits per heavy atom. The van der Waals surface area contributed by atoms with Gasteiger partial charge in [-0.3, -0.25) is 9.59 Å². The number of anilines is 1. The van der Waals surface area contributed by atoms with Crippen LogP contribution in [-0.4, -0.2) is 42.8 Å². The van der Waals surface area contributed by atoms with Crippen LogP contribution in [0, 0.1) is 0 Å². The number of nitrogens with zero attached hydrogens (tertiary/aromatic N) is 3. The van der Waals surface area contributed by atoms with Crippen LogP contribution in [0.15, 0.2) is 54.7 Å². The summed E-state index contributed by atoms with van der Waals surface area (Å²) in [5.74, 6) is -0.0523. The molecule has 0 aliphatic carbocycles. The third-order valence-corrected chi connectivity index (χ3v) is 5.14. The third-order valence-electron chi connectivity index (χ3n) is 5.14. The Labute approximate surface area is 166 Å². The van der Waals surface area contributed by atoms with Crippen LogP contribution in [0.4, 0.5) is 5.69 Å². The number of amides is 2. The average Bonchev–Trinajstić information content (AvgIpc) is 2.68. The molecule has 3 rings (SSSR count). The smallest absolute Gasteiger partial charge is 0.225 e. The van der Waals surface area contributed by atoms with Crippen molar-refractivity contribution in [3.05, 3.63) is 71.4 Å². The maximum absolute atomic E-state index is 12.9. The second kappa shape index (κ2) is 8.30. The summed E-state index contributed by atoms with van der Waals surface area (Å²) in [6, 6.07) is 15.8. The predicted molar refractivity (Wildman–Crippen MR) is 113 cm³/mol. The summed E-state index contributed by atoms with van der Waals surface area (Å²) in [7, 11) is 5.81. The topological polar surface area (TPSA) is 43.9 Å². The maximum Gasteiger partial charge on any atom is 0.225 e. The van der Waals surface area contributed by atoms with E-state index in [1.165, 1.54) is 6.92 Å². The minimum atomic E-state index is -0.273. The highest BCUT2D eigenvalue weighted by atomic mass is 16.2. The van der Waals surface area contributed by atoms with Gasteiger partial charge in [-0.05, 0) is 34.9 Å². The van der Waals surface area contributed by atoms with Gasteiger partial charge in [0.15, 0.2) is 0 Å². The Hall–Kier alpha value is -3.08. The minimum absolute atomic E-state index is 0.0121. The van der Waals surface area contributed by atoms with E-state index < -0.39 is 0 Å². The van der Waals surface area contributed by atoms with Crippen molar-refractivity contribution in [3.63, 3.8) is 0 Å². The molecule has 1 heterocycles. The highest BCUT2D eigenvalue weighted by Gasteiger charge is 2.29. The number of hydrogen-bond donors (Lipinski definition) is 0. The van der Waals surface area contributed by atoms with E-state index in [0.717, 1.165) is 22.4 Å². The van der Waals surface area contributed by atoms with Crippen molar-refractivity contribution in [3.8, 4) is 0 Å². The molecule has 0 aromatic heterocycles. The lowest BCUT2D eigenvalue weighted by atomic mass is 9.93. The molecule has 1 aliphatic heterocycles. The monoisotopic (exact) mass is 377 g/mol. The van der Waals surface area contributed by atoms with Gasteiger partial charge in [0, 0.05) is 46.5 Å². The van der Waals surface area contributed by atoms with Crippen molar-refractivity contribution in [1.29, 1.82) is 0 Å². The largest absolute Gasteiger partial charge is 0.378 e. The molecule has 2 aromatic carbocycles. The maximum atomic E-state index is 12.9. The van der Waals surface area contributed by atoms with Gasteiger partial charge in [-0.2, -0.15) is 0 Å². The van der Waals surface area contributed by atoms with E-state index in [4.69, 9.17) is 0 Å². The SMILES string of the molecule is CC(=O)N1C=Cc2ccccc2C1CC(=O)N(C)Cc1ccc(N(C)C)cc1. The second-order valence-electron chi connectivity index (χ2n) is 7.40. The molecular formula is C23H27N3O2. The van der Waals surface area contributed by atoms with Gasteiger partial charge in [0.25, 0.3) is 0 Å². The molecule has 5 heteroatoms. The van der Waals surface area contributed by atoms with E-state index in [2.05, 4.69) is 0 Å². The van der Waals surface area contributed by atoms with Gasteiger partial charge in [-0.1, -0.05) is 36.4 Å². The van der Waals surface area contributed by atoms with Gasteiger partial charge >= 0.3 is 0 Å². The van der Waals surface area contributed by atoms with Crippen LogP contribution in [-0.2, 0) is 16.1 Å². The molecule has 0 saturated carbocycles. The Morgan fingerprint density at radius 3 is 2.32 bits per heavy atom. The fraction of sp³-hybridized carbons (Fsp3) is 0.304. The van der Waals surface area contributed by atoms with E-state index in [0.29, 0.717) is 6.54 Å². The molecule has 1 atom stereocenters. The summed E-state index contributed by atoms with van der Waals surface area (Å²) in [6.45, 7) is 2.07. The van der Waals surface area contributed by atoms with Crippen LogP contribution >= 0.6 is 0 Å². The molecule has 0 N–H and O–H groups in total. The van der Waals surface area contributed by atoms with Crippen molar-refractivity contribution in [2.75, 3.05) is 26.0 Å². The molecule has 2 aromatic rings. The molecule has 2 amide bonds. The lowest BCUT2D eigenvalue weighted by Crippen LogP contribution is -2.35. The van der Waals surface area contributed by atoms with Crippen LogP contribution in [0.5, 0.6) is 0 Å². The minimum Gasteiger partial charge on any atom is -0.378 e. The number of carbonyl (C=O) groups is 2. The summed E-state index contributed by atoms with van der Waals surface area (Å²) in [5, 5.41) is 0. The highest BCUT2D eigenvalue weighted by Crippen LogP contribution is 2.33. The number of benzene rings is 2. The highest BCUT2D eigenvalue weighted by molar-refractivity contribution is 5.81. The Kier molecular flexibility index (Phi) is 5.83. The molecule has 5 nitrogen and oxygen atoms in total. The number of carbonyl (C=O) groups excluding carboxylic acids is 2. The van der Waals surface area contributed by atoms with E-state index in [1.807, 2.05) is 80.6 Å². The molecule has 0 bridgehead atoms. The molecule has 0 fully saturated rings. The van der Waals surface area contributed by atoms with E-state index in [-0.39, 0.29) is 24.3 Å². The van der Waals surface area contributed by atoms with Crippen LogP contribution in [0.2, 0.25) is 0 Å². The zero-order chi connectivity index (χ0) is 20.3. The van der Waals surface area contributed by atoms with Gasteiger partial charge in [0.1, 0.15) is 0 Å². The number of hydrogen-bond acceptors (Lipinski definition) is 3. The third kappa shape index (κ3) is 4.25. The molecule has 1 aliphatic rings. The van der Waals surface area contributed by atoms with Gasteiger partial charge in [0.05, 0.1) is 12.5 Å². The Morgan fingerprint density at radius 1 is 1.00 bits per heavy atom. The van der Waals surface area contributed by atoms with Crippen molar-refractivity contribution in [2.45, 2.75) is 25.9 Å². The lowest BCUT2D eigenvalue weighted by molar-refractivity contribution is -0.134. The van der Waals surface area contributed by atoms with Crippen molar-refractivity contribution >= 4 is 23.6 Å². The van der Waals surface area contributed by atoms with Crippen LogP contribution in [0.25, 0.3) is 6.08 Å². The van der Waals surface area contributed by atoms with Crippen molar-refractivity contribution in [2.24, 2.45) is 0 Å². The average molecular weight is 377 g/mol. The summed E-state index contributed by atoms with van der Waals surface area (Å²) in [6.07, 6.45) is 3.96. The summed E-state index contributed by atoms with van der Waals surface area (Å²) in [5.41, 5.74) is 4.27. The fourth-order valence-electron chi connectivity index (χ4n) is 3.50. The first-order valence-corrected chi connectivity index (χ1v) is 9.43. The summed E-state index contributed by atoms with van der Waals surface area (Å²) >= 11 is 0. The summed E-state index contributed by atoms with van der Waals surface area (Å²) in [4.78, 5) is 30.4. The standard InChI is InChI=1S/C23H27N3O2/c1-17(27)26-14-13-19-7-5-6-8-21(19)22(26)15-23(28)25(4)16-18-9-11-20(12-10-18)24(2)3/h5-14,22H,15-16H2,1-4H3. The van der Waals surface area contributed by atoms with Crippen molar-refractivity contribution < 1.29 is 9.59 Å². The molecule has 1 unspecified atom stereocenters. The van der Waals surface area contributed by atoms with Gasteiger partial charge in [0.2, 0.25) is 11.8 Å². The normalized spacial score (nSPS) is 15.1. The van der Waals surface area contributed by atoms with Crippen LogP contribution < -0.4 is 4.90 Å². The van der Waals surface area contributed by atoms with Gasteiger partial charge in [-0.15, -0.1) is 0 Å². The van der Waals surface area contributed by atoms with Gasteiger partial charge in [-0.25, -0.2) is 0 Å². The zero-order valence-corrected chi connectivity index (χ0v) is 16.9. The first-order chi connectivity index (χ1) is 13.4. The fourth-order valence-corrected chi connectivity index (χ4v) is 3.50. The Bertz CT molecular complexity index is 887. The number of rotatable bonds is 5. The molecular weight excluding hydrogens is 350 g/mol. The second-order valence-corrected chi connectivity index (χ2v) is 7.40. The van der Waals surface area contributed by atoms with E-state index >= 15 is 0 Å². The molecule has 0 radical (unpaired) electrons. The van der Waals surface area contributed by atoms with Crippen LogP contribution in [0.1, 0.15) is 36.1 Å². The first-order valence-electron chi connectivity index (χ1n) is 9.43. The predicted octanol–water partition coefficient (Wildman–Crippen LogP) is 3.68. The van der Waals surface area contributed by atoms with Crippen LogP contribution in [0.3, 0.4) is 0 Å². The zero-order valence-electron chi connectivity index (χ0n) is 16.9. The first kappa shape index (κ1) is 19.7. The van der Waals surface area contributed by atoms with Crippen molar-refractivity contribution in [1.82, 2.24) is 9.80 Å². The number of fused-ring (bicyclic) bond motifs is 1. The molecule has 146 valence electrons. The van der Waals surface area contributed by atoms with Gasteiger partial charge < -0.3 is 14.7 Å². The Balaban J connectivity index is 1.73. The molecule has 28 heavy (non-hydrogen) atoms.